The van der Waals surface area contributed by atoms with E-state index in [0.717, 1.165) is 29.2 Å². The van der Waals surface area contributed by atoms with Crippen LogP contribution in [0.3, 0.4) is 0 Å². The molecule has 0 spiro atoms. The SMILES string of the molecule is S=c1n(Cc2ccccc2)c(-c2ccccc2)c(-c2ccccc2)n1Cc1ccccc1. The molecule has 156 valence electrons. The van der Waals surface area contributed by atoms with Crippen LogP contribution >= 0.6 is 12.2 Å². The molecule has 32 heavy (non-hydrogen) atoms. The van der Waals surface area contributed by atoms with Gasteiger partial charge in [0.2, 0.25) is 0 Å². The molecule has 0 N–H and O–H groups in total. The van der Waals surface area contributed by atoms with E-state index >= 15 is 0 Å². The maximum atomic E-state index is 6.12. The zero-order valence-electron chi connectivity index (χ0n) is 17.8. The van der Waals surface area contributed by atoms with Gasteiger partial charge in [-0.05, 0) is 23.3 Å². The predicted octanol–water partition coefficient (Wildman–Crippen LogP) is 7.45. The van der Waals surface area contributed by atoms with E-state index in [1.165, 1.54) is 22.3 Å². The van der Waals surface area contributed by atoms with Gasteiger partial charge >= 0.3 is 0 Å². The molecule has 0 radical (unpaired) electrons. The third-order valence-corrected chi connectivity index (χ3v) is 6.13. The number of hydrogen-bond acceptors (Lipinski definition) is 1. The average molecular weight is 433 g/mol. The minimum Gasteiger partial charge on any atom is -0.312 e. The number of hydrogen-bond donors (Lipinski definition) is 0. The van der Waals surface area contributed by atoms with Gasteiger partial charge in [0.15, 0.2) is 4.77 Å². The van der Waals surface area contributed by atoms with Crippen molar-refractivity contribution in [1.82, 2.24) is 9.13 Å². The van der Waals surface area contributed by atoms with Crippen molar-refractivity contribution >= 4 is 12.2 Å². The second kappa shape index (κ2) is 9.21. The van der Waals surface area contributed by atoms with Crippen molar-refractivity contribution in [1.29, 1.82) is 0 Å². The Morgan fingerprint density at radius 2 is 0.750 bits per heavy atom. The van der Waals surface area contributed by atoms with Crippen molar-refractivity contribution in [3.8, 4) is 22.5 Å². The molecule has 0 aliphatic heterocycles. The molecule has 0 atom stereocenters. The van der Waals surface area contributed by atoms with Crippen LogP contribution in [-0.2, 0) is 13.1 Å². The Labute approximate surface area is 194 Å². The van der Waals surface area contributed by atoms with Crippen LogP contribution in [0.5, 0.6) is 0 Å². The summed E-state index contributed by atoms with van der Waals surface area (Å²) < 4.78 is 5.40. The molecule has 2 nitrogen and oxygen atoms in total. The van der Waals surface area contributed by atoms with E-state index in [0.29, 0.717) is 0 Å². The maximum absolute atomic E-state index is 6.12. The zero-order valence-corrected chi connectivity index (χ0v) is 18.6. The first-order chi connectivity index (χ1) is 15.8. The number of nitrogens with zero attached hydrogens (tertiary/aromatic N) is 2. The summed E-state index contributed by atoms with van der Waals surface area (Å²) in [6, 6.07) is 42.2. The van der Waals surface area contributed by atoms with Gasteiger partial charge in [-0.25, -0.2) is 0 Å². The normalized spacial score (nSPS) is 10.9. The maximum Gasteiger partial charge on any atom is 0.181 e. The van der Waals surface area contributed by atoms with Gasteiger partial charge in [-0.2, -0.15) is 0 Å². The smallest absolute Gasteiger partial charge is 0.181 e. The molecule has 0 unspecified atom stereocenters. The first kappa shape index (κ1) is 20.2. The molecule has 1 heterocycles. The standard InChI is InChI=1S/C29H24N2S/c32-29-30(21-23-13-5-1-6-14-23)27(25-17-9-3-10-18-25)28(26-19-11-4-12-20-26)31(29)22-24-15-7-2-8-16-24/h1-20H,21-22H2. The first-order valence-corrected chi connectivity index (χ1v) is 11.2. The monoisotopic (exact) mass is 432 g/mol. The number of benzene rings is 4. The topological polar surface area (TPSA) is 9.86 Å². The van der Waals surface area contributed by atoms with E-state index in [1.54, 1.807) is 0 Å². The van der Waals surface area contributed by atoms with Crippen LogP contribution in [0.4, 0.5) is 0 Å². The second-order valence-electron chi connectivity index (χ2n) is 7.86. The second-order valence-corrected chi connectivity index (χ2v) is 8.22. The van der Waals surface area contributed by atoms with Crippen LogP contribution in [0.15, 0.2) is 121 Å². The van der Waals surface area contributed by atoms with Gasteiger partial charge in [0, 0.05) is 11.1 Å². The van der Waals surface area contributed by atoms with E-state index in [4.69, 9.17) is 12.2 Å². The van der Waals surface area contributed by atoms with Crippen LogP contribution < -0.4 is 0 Å². The number of imidazole rings is 1. The van der Waals surface area contributed by atoms with E-state index in [2.05, 4.69) is 130 Å². The molecule has 0 saturated heterocycles. The van der Waals surface area contributed by atoms with Gasteiger partial charge in [0.25, 0.3) is 0 Å². The Kier molecular flexibility index (Phi) is 5.82. The average Bonchev–Trinajstić information content (AvgIpc) is 3.12. The van der Waals surface area contributed by atoms with Gasteiger partial charge in [-0.3, -0.25) is 0 Å². The third-order valence-electron chi connectivity index (χ3n) is 5.69. The molecule has 1 aromatic heterocycles. The van der Waals surface area contributed by atoms with Crippen LogP contribution in [0, 0.1) is 4.77 Å². The van der Waals surface area contributed by atoms with E-state index in [9.17, 15) is 0 Å². The predicted molar refractivity (Wildman–Crippen MR) is 135 cm³/mol. The third kappa shape index (κ3) is 4.08. The van der Waals surface area contributed by atoms with Gasteiger partial charge in [0.1, 0.15) is 0 Å². The number of aromatic nitrogens is 2. The molecule has 0 amide bonds. The highest BCUT2D eigenvalue weighted by Crippen LogP contribution is 2.35. The lowest BCUT2D eigenvalue weighted by Gasteiger charge is -2.12. The summed E-state index contributed by atoms with van der Waals surface area (Å²) in [6.07, 6.45) is 0. The van der Waals surface area contributed by atoms with Crippen LogP contribution in [-0.4, -0.2) is 9.13 Å². The highest BCUT2D eigenvalue weighted by atomic mass is 32.1. The lowest BCUT2D eigenvalue weighted by molar-refractivity contribution is 0.718. The van der Waals surface area contributed by atoms with Gasteiger partial charge < -0.3 is 9.13 Å². The van der Waals surface area contributed by atoms with Crippen LogP contribution in [0.25, 0.3) is 22.5 Å². The van der Waals surface area contributed by atoms with Crippen molar-refractivity contribution in [2.75, 3.05) is 0 Å². The summed E-state index contributed by atoms with van der Waals surface area (Å²) in [4.78, 5) is 0. The molecule has 5 aromatic rings. The lowest BCUT2D eigenvalue weighted by Crippen LogP contribution is -2.05. The van der Waals surface area contributed by atoms with Gasteiger partial charge in [-0.1, -0.05) is 121 Å². The molecule has 5 rings (SSSR count). The van der Waals surface area contributed by atoms with E-state index < -0.39 is 0 Å². The van der Waals surface area contributed by atoms with Crippen molar-refractivity contribution in [3.05, 3.63) is 137 Å². The fraction of sp³-hybridized carbons (Fsp3) is 0.0690. The first-order valence-electron chi connectivity index (χ1n) is 10.8. The summed E-state index contributed by atoms with van der Waals surface area (Å²) >= 11 is 6.12. The Morgan fingerprint density at radius 3 is 1.09 bits per heavy atom. The molecule has 0 fully saturated rings. The highest BCUT2D eigenvalue weighted by molar-refractivity contribution is 7.71. The van der Waals surface area contributed by atoms with Crippen molar-refractivity contribution in [2.24, 2.45) is 0 Å². The van der Waals surface area contributed by atoms with E-state index in [-0.39, 0.29) is 0 Å². The van der Waals surface area contributed by atoms with E-state index in [1.807, 2.05) is 0 Å². The van der Waals surface area contributed by atoms with Crippen molar-refractivity contribution < 1.29 is 0 Å². The summed E-state index contributed by atoms with van der Waals surface area (Å²) in [5, 5.41) is 0. The minimum atomic E-state index is 0.728. The largest absolute Gasteiger partial charge is 0.312 e. The van der Waals surface area contributed by atoms with Gasteiger partial charge in [0.05, 0.1) is 24.5 Å². The van der Waals surface area contributed by atoms with Crippen LogP contribution in [0.1, 0.15) is 11.1 Å². The lowest BCUT2D eigenvalue weighted by atomic mass is 10.0. The summed E-state index contributed by atoms with van der Waals surface area (Å²) in [5.74, 6) is 0. The summed E-state index contributed by atoms with van der Waals surface area (Å²) in [6.45, 7) is 1.46. The zero-order chi connectivity index (χ0) is 21.8. The number of rotatable bonds is 6. The fourth-order valence-electron chi connectivity index (χ4n) is 4.20. The Hall–Kier alpha value is -3.69. The Morgan fingerprint density at radius 1 is 0.438 bits per heavy atom. The molecule has 3 heteroatoms. The molecule has 4 aromatic carbocycles. The molecular formula is C29H24N2S. The fourth-order valence-corrected chi connectivity index (χ4v) is 4.51. The quantitative estimate of drug-likeness (QED) is 0.253. The molecule has 0 aliphatic rings. The van der Waals surface area contributed by atoms with Gasteiger partial charge in [-0.15, -0.1) is 0 Å². The Bertz CT molecular complexity index is 1250. The minimum absolute atomic E-state index is 0.728. The van der Waals surface area contributed by atoms with Crippen LogP contribution in [0.2, 0.25) is 0 Å². The molecule has 0 aliphatic carbocycles. The summed E-state index contributed by atoms with van der Waals surface area (Å²) in [7, 11) is 0. The highest BCUT2D eigenvalue weighted by Gasteiger charge is 2.21. The Balaban J connectivity index is 1.79. The van der Waals surface area contributed by atoms with Crippen molar-refractivity contribution in [3.63, 3.8) is 0 Å². The molecule has 0 bridgehead atoms. The molecular weight excluding hydrogens is 408 g/mol. The van der Waals surface area contributed by atoms with Crippen molar-refractivity contribution in [2.45, 2.75) is 13.1 Å². The summed E-state index contributed by atoms with van der Waals surface area (Å²) in [5.41, 5.74) is 7.11. The molecule has 0 saturated carbocycles.